The van der Waals surface area contributed by atoms with Gasteiger partial charge in [-0.25, -0.2) is 0 Å². The highest BCUT2D eigenvalue weighted by molar-refractivity contribution is 5.96. The van der Waals surface area contributed by atoms with Crippen molar-refractivity contribution in [3.05, 3.63) is 35.3 Å². The second-order valence-corrected chi connectivity index (χ2v) is 5.45. The maximum atomic E-state index is 13.2. The van der Waals surface area contributed by atoms with E-state index in [2.05, 4.69) is 15.3 Å². The normalized spacial score (nSPS) is 12.0. The molecule has 0 radical (unpaired) electrons. The van der Waals surface area contributed by atoms with Gasteiger partial charge in [-0.3, -0.25) is 14.6 Å². The molecule has 24 heavy (non-hydrogen) atoms. The van der Waals surface area contributed by atoms with Crippen LogP contribution in [0.3, 0.4) is 0 Å². The molecular formula is C15H13F3N4O2. The Balaban J connectivity index is 2.28. The summed E-state index contributed by atoms with van der Waals surface area (Å²) in [4.78, 5) is 10.9. The predicted molar refractivity (Wildman–Crippen MR) is 79.4 cm³/mol. The minimum Gasteiger partial charge on any atom is -0.480 e. The van der Waals surface area contributed by atoms with E-state index >= 15 is 0 Å². The molecule has 0 bridgehead atoms. The predicted octanol–water partition coefficient (Wildman–Crippen LogP) is 3.15. The van der Waals surface area contributed by atoms with E-state index in [1.54, 1.807) is 13.8 Å². The molecular weight excluding hydrogens is 325 g/mol. The van der Waals surface area contributed by atoms with Gasteiger partial charge in [0.1, 0.15) is 6.54 Å². The van der Waals surface area contributed by atoms with Crippen molar-refractivity contribution in [2.24, 2.45) is 0 Å². The van der Waals surface area contributed by atoms with Crippen molar-refractivity contribution in [2.45, 2.75) is 26.6 Å². The number of aromatic nitrogens is 4. The summed E-state index contributed by atoms with van der Waals surface area (Å²) in [5.41, 5.74) is 1.19. The number of fused-ring (bicyclic) bond motifs is 1. The zero-order valence-electron chi connectivity index (χ0n) is 12.8. The molecule has 0 spiro atoms. The number of halogens is 3. The molecule has 1 aromatic carbocycles. The maximum absolute atomic E-state index is 13.2. The molecule has 0 atom stereocenters. The molecule has 2 N–H and O–H groups in total. The van der Waals surface area contributed by atoms with E-state index in [1.807, 2.05) is 0 Å². The first-order chi connectivity index (χ1) is 11.2. The molecule has 3 rings (SSSR count). The number of hydrogen-bond acceptors (Lipinski definition) is 3. The van der Waals surface area contributed by atoms with E-state index in [4.69, 9.17) is 5.11 Å². The number of H-pyrrole nitrogens is 1. The number of hydrogen-bond donors (Lipinski definition) is 2. The average molecular weight is 338 g/mol. The van der Waals surface area contributed by atoms with Crippen LogP contribution in [-0.2, 0) is 17.5 Å². The third kappa shape index (κ3) is 2.61. The van der Waals surface area contributed by atoms with Crippen molar-refractivity contribution >= 4 is 16.9 Å². The Labute approximate surface area is 133 Å². The standard InChI is InChI=1S/C15H13F3N4O2/c1-7-14(8(2)22(21-7)6-13(23)24)10-3-9(15(16,17)18)4-12-11(10)5-19-20-12/h3-5H,6H2,1-2H3,(H,19,20)(H,23,24). The van der Waals surface area contributed by atoms with Gasteiger partial charge in [-0.2, -0.15) is 23.4 Å². The summed E-state index contributed by atoms with van der Waals surface area (Å²) in [5, 5.41) is 19.9. The van der Waals surface area contributed by atoms with E-state index in [1.165, 1.54) is 10.9 Å². The van der Waals surface area contributed by atoms with Crippen molar-refractivity contribution in [2.75, 3.05) is 0 Å². The second-order valence-electron chi connectivity index (χ2n) is 5.45. The number of nitrogens with zero attached hydrogens (tertiary/aromatic N) is 3. The number of alkyl halides is 3. The van der Waals surface area contributed by atoms with Gasteiger partial charge in [0.2, 0.25) is 0 Å². The van der Waals surface area contributed by atoms with Gasteiger partial charge in [0.05, 0.1) is 23.0 Å². The van der Waals surface area contributed by atoms with E-state index < -0.39 is 17.7 Å². The molecule has 9 heteroatoms. The lowest BCUT2D eigenvalue weighted by molar-refractivity contribution is -0.138. The molecule has 0 fully saturated rings. The fourth-order valence-corrected chi connectivity index (χ4v) is 2.79. The topological polar surface area (TPSA) is 83.8 Å². The monoisotopic (exact) mass is 338 g/mol. The van der Waals surface area contributed by atoms with Gasteiger partial charge in [0, 0.05) is 16.6 Å². The van der Waals surface area contributed by atoms with Crippen LogP contribution in [0.15, 0.2) is 18.3 Å². The van der Waals surface area contributed by atoms with Crippen LogP contribution in [0.4, 0.5) is 13.2 Å². The summed E-state index contributed by atoms with van der Waals surface area (Å²) < 4.78 is 40.8. The largest absolute Gasteiger partial charge is 0.480 e. The third-order valence-electron chi connectivity index (χ3n) is 3.82. The molecule has 126 valence electrons. The second kappa shape index (κ2) is 5.36. The molecule has 3 aromatic rings. The minimum absolute atomic E-state index is 0.254. The summed E-state index contributed by atoms with van der Waals surface area (Å²) in [6.07, 6.45) is -3.06. The lowest BCUT2D eigenvalue weighted by Crippen LogP contribution is -2.11. The number of aryl methyl sites for hydroxylation is 1. The third-order valence-corrected chi connectivity index (χ3v) is 3.82. The molecule has 0 saturated heterocycles. The molecule has 0 amide bonds. The summed E-state index contributed by atoms with van der Waals surface area (Å²) in [6.45, 7) is 2.90. The lowest BCUT2D eigenvalue weighted by atomic mass is 9.97. The highest BCUT2D eigenvalue weighted by Crippen LogP contribution is 2.38. The number of carboxylic acids is 1. The van der Waals surface area contributed by atoms with E-state index in [9.17, 15) is 18.0 Å². The minimum atomic E-state index is -4.51. The van der Waals surface area contributed by atoms with Crippen molar-refractivity contribution in [3.63, 3.8) is 0 Å². The van der Waals surface area contributed by atoms with Crippen LogP contribution >= 0.6 is 0 Å². The summed E-state index contributed by atoms with van der Waals surface area (Å²) in [5.74, 6) is -1.08. The highest BCUT2D eigenvalue weighted by Gasteiger charge is 2.32. The van der Waals surface area contributed by atoms with Crippen LogP contribution in [0.25, 0.3) is 22.0 Å². The van der Waals surface area contributed by atoms with Gasteiger partial charge in [-0.15, -0.1) is 0 Å². The quantitative estimate of drug-likeness (QED) is 0.768. The molecule has 0 saturated carbocycles. The fraction of sp³-hybridized carbons (Fsp3) is 0.267. The summed E-state index contributed by atoms with van der Waals surface area (Å²) in [7, 11) is 0. The van der Waals surface area contributed by atoms with E-state index in [-0.39, 0.29) is 12.1 Å². The van der Waals surface area contributed by atoms with Crippen LogP contribution in [0, 0.1) is 13.8 Å². The zero-order chi connectivity index (χ0) is 17.6. The SMILES string of the molecule is Cc1nn(CC(=O)O)c(C)c1-c1cc(C(F)(F)F)cc2[nH]ncc12. The molecule has 0 aliphatic heterocycles. The average Bonchev–Trinajstić information content (AvgIpc) is 3.02. The number of aliphatic carboxylic acids is 1. The Morgan fingerprint density at radius 3 is 2.67 bits per heavy atom. The van der Waals surface area contributed by atoms with Crippen molar-refractivity contribution in [1.29, 1.82) is 0 Å². The van der Waals surface area contributed by atoms with Gasteiger partial charge in [0.15, 0.2) is 0 Å². The van der Waals surface area contributed by atoms with E-state index in [0.717, 1.165) is 12.1 Å². The number of benzene rings is 1. The van der Waals surface area contributed by atoms with E-state index in [0.29, 0.717) is 27.9 Å². The molecule has 2 aromatic heterocycles. The number of aromatic amines is 1. The zero-order valence-corrected chi connectivity index (χ0v) is 12.8. The molecule has 6 nitrogen and oxygen atoms in total. The number of carbonyl (C=O) groups is 1. The fourth-order valence-electron chi connectivity index (χ4n) is 2.79. The number of rotatable bonds is 3. The van der Waals surface area contributed by atoms with Crippen LogP contribution in [0.2, 0.25) is 0 Å². The van der Waals surface area contributed by atoms with Gasteiger partial charge in [-0.05, 0) is 31.5 Å². The van der Waals surface area contributed by atoms with Crippen molar-refractivity contribution in [1.82, 2.24) is 20.0 Å². The van der Waals surface area contributed by atoms with Crippen LogP contribution in [0.5, 0.6) is 0 Å². The molecule has 0 unspecified atom stereocenters. The summed E-state index contributed by atoms with van der Waals surface area (Å²) in [6, 6.07) is 2.04. The summed E-state index contributed by atoms with van der Waals surface area (Å²) >= 11 is 0. The molecule has 0 aliphatic rings. The van der Waals surface area contributed by atoms with Gasteiger partial charge >= 0.3 is 12.1 Å². The Morgan fingerprint density at radius 2 is 2.04 bits per heavy atom. The lowest BCUT2D eigenvalue weighted by Gasteiger charge is -2.11. The maximum Gasteiger partial charge on any atom is 0.416 e. The smallest absolute Gasteiger partial charge is 0.416 e. The van der Waals surface area contributed by atoms with Crippen LogP contribution < -0.4 is 0 Å². The first-order valence-electron chi connectivity index (χ1n) is 6.99. The van der Waals surface area contributed by atoms with Crippen molar-refractivity contribution in [3.8, 4) is 11.1 Å². The van der Waals surface area contributed by atoms with Crippen LogP contribution in [-0.4, -0.2) is 31.1 Å². The van der Waals surface area contributed by atoms with Gasteiger partial charge < -0.3 is 5.11 Å². The Bertz CT molecular complexity index is 940. The first kappa shape index (κ1) is 16.0. The first-order valence-corrected chi connectivity index (χ1v) is 6.99. The highest BCUT2D eigenvalue weighted by atomic mass is 19.4. The van der Waals surface area contributed by atoms with Crippen LogP contribution in [0.1, 0.15) is 17.0 Å². The number of nitrogens with one attached hydrogen (secondary N) is 1. The van der Waals surface area contributed by atoms with Crippen molar-refractivity contribution < 1.29 is 23.1 Å². The Morgan fingerprint density at radius 1 is 1.33 bits per heavy atom. The van der Waals surface area contributed by atoms with Gasteiger partial charge in [-0.1, -0.05) is 0 Å². The Kier molecular flexibility index (Phi) is 3.58. The number of carboxylic acid groups (broad SMARTS) is 1. The molecule has 2 heterocycles. The molecule has 0 aliphatic carbocycles. The Hall–Kier alpha value is -2.84. The van der Waals surface area contributed by atoms with Gasteiger partial charge in [0.25, 0.3) is 0 Å².